The van der Waals surface area contributed by atoms with Gasteiger partial charge in [0, 0.05) is 55.4 Å². The monoisotopic (exact) mass is 824 g/mol. The van der Waals surface area contributed by atoms with Crippen LogP contribution in [0.2, 0.25) is 0 Å². The number of anilines is 6. The third-order valence-corrected chi connectivity index (χ3v) is 14.2. The largest absolute Gasteiger partial charge is 0.456 e. The van der Waals surface area contributed by atoms with Crippen LogP contribution in [0.5, 0.6) is 0 Å². The molecule has 4 nitrogen and oxygen atoms in total. The Bertz CT molecular complexity index is 3710. The average Bonchev–Trinajstić information content (AvgIpc) is 4.02. The first-order chi connectivity index (χ1) is 31.2. The van der Waals surface area contributed by atoms with E-state index in [2.05, 4.69) is 213 Å². The number of hydrogen-bond donors (Lipinski definition) is 0. The number of para-hydroxylation sites is 2. The van der Waals surface area contributed by atoms with Crippen molar-refractivity contribution in [3.8, 4) is 22.3 Å². The van der Waals surface area contributed by atoms with Gasteiger partial charge in [0.05, 0.1) is 11.1 Å². The smallest absolute Gasteiger partial charge is 0.137 e. The number of benzene rings is 9. The summed E-state index contributed by atoms with van der Waals surface area (Å²) < 4.78 is 12.9. The molecule has 306 valence electrons. The summed E-state index contributed by atoms with van der Waals surface area (Å²) in [5.74, 6) is 0. The van der Waals surface area contributed by atoms with Gasteiger partial charge in [0.1, 0.15) is 22.3 Å². The third-order valence-electron chi connectivity index (χ3n) is 14.2. The Morgan fingerprint density at radius 3 is 1.45 bits per heavy atom. The number of nitrogens with zero attached hydrogens (tertiary/aromatic N) is 2. The zero-order chi connectivity index (χ0) is 42.9. The second-order valence-corrected chi connectivity index (χ2v) is 18.5. The second kappa shape index (κ2) is 13.3. The molecule has 0 saturated carbocycles. The van der Waals surface area contributed by atoms with Crippen molar-refractivity contribution in [2.24, 2.45) is 0 Å². The highest BCUT2D eigenvalue weighted by Gasteiger charge is 2.37. The molecule has 0 amide bonds. The van der Waals surface area contributed by atoms with E-state index in [1.807, 2.05) is 18.2 Å². The van der Waals surface area contributed by atoms with Gasteiger partial charge in [-0.3, -0.25) is 0 Å². The lowest BCUT2D eigenvalue weighted by atomic mass is 9.82. The van der Waals surface area contributed by atoms with Crippen LogP contribution in [0.25, 0.3) is 66.1 Å². The summed E-state index contributed by atoms with van der Waals surface area (Å²) in [5, 5.41) is 4.36. The highest BCUT2D eigenvalue weighted by atomic mass is 16.3. The standard InChI is InChI=1S/C60H44N2O2/c1-59(2)49-21-9-5-17-42(49)46-34-39(27-30-51(46)59)61(40-29-32-56-48(36-40)44-19-7-11-24-54(44)63-56)37-15-13-16-38(33-37)62(53-23-14-26-57-58(53)45-20-8-12-25-55(45)64-57)41-28-31-52-47(35-41)43-18-6-10-22-50(43)60(52,3)4/h5-36H,1-4H3. The van der Waals surface area contributed by atoms with Crippen LogP contribution >= 0.6 is 0 Å². The van der Waals surface area contributed by atoms with Gasteiger partial charge in [-0.2, -0.15) is 0 Å². The van der Waals surface area contributed by atoms with Crippen molar-refractivity contribution < 1.29 is 8.83 Å². The average molecular weight is 825 g/mol. The van der Waals surface area contributed by atoms with Gasteiger partial charge in [-0.15, -0.1) is 0 Å². The Morgan fingerprint density at radius 1 is 0.312 bits per heavy atom. The molecule has 2 aliphatic carbocycles. The van der Waals surface area contributed by atoms with Crippen LogP contribution in [-0.2, 0) is 10.8 Å². The highest BCUT2D eigenvalue weighted by Crippen LogP contribution is 2.54. The molecule has 9 aromatic carbocycles. The van der Waals surface area contributed by atoms with Gasteiger partial charge in [-0.05, 0) is 129 Å². The summed E-state index contributed by atoms with van der Waals surface area (Å²) >= 11 is 0. The van der Waals surface area contributed by atoms with Gasteiger partial charge in [0.2, 0.25) is 0 Å². The lowest BCUT2D eigenvalue weighted by Crippen LogP contribution is -2.16. The molecule has 0 atom stereocenters. The van der Waals surface area contributed by atoms with E-state index in [4.69, 9.17) is 8.83 Å². The first-order valence-corrected chi connectivity index (χ1v) is 22.2. The molecule has 0 saturated heterocycles. The van der Waals surface area contributed by atoms with E-state index < -0.39 is 0 Å². The molecule has 0 aliphatic heterocycles. The fourth-order valence-corrected chi connectivity index (χ4v) is 11.1. The molecule has 13 rings (SSSR count). The van der Waals surface area contributed by atoms with Crippen LogP contribution in [0.3, 0.4) is 0 Å². The zero-order valence-corrected chi connectivity index (χ0v) is 36.2. The second-order valence-electron chi connectivity index (χ2n) is 18.5. The fourth-order valence-electron chi connectivity index (χ4n) is 11.1. The van der Waals surface area contributed by atoms with Gasteiger partial charge in [0.15, 0.2) is 0 Å². The van der Waals surface area contributed by atoms with Crippen LogP contribution < -0.4 is 9.80 Å². The third kappa shape index (κ3) is 5.23. The Kier molecular flexibility index (Phi) is 7.67. The molecule has 2 aromatic heterocycles. The SMILES string of the molecule is CC1(C)c2ccccc2-c2cc(N(c3cccc(N(c4ccc5c(c4)-c4ccccc4C5(C)C)c4cccc5oc6ccccc6c45)c3)c3ccc4oc5ccccc5c4c3)ccc21. The van der Waals surface area contributed by atoms with Gasteiger partial charge in [0.25, 0.3) is 0 Å². The van der Waals surface area contributed by atoms with Crippen molar-refractivity contribution in [2.45, 2.75) is 38.5 Å². The van der Waals surface area contributed by atoms with Crippen LogP contribution in [0.4, 0.5) is 34.1 Å². The maximum Gasteiger partial charge on any atom is 0.137 e. The van der Waals surface area contributed by atoms with Crippen LogP contribution in [-0.4, -0.2) is 0 Å². The summed E-state index contributed by atoms with van der Waals surface area (Å²) in [6.45, 7) is 9.36. The lowest BCUT2D eigenvalue weighted by molar-refractivity contribution is 0.660. The van der Waals surface area contributed by atoms with E-state index in [0.29, 0.717) is 0 Å². The van der Waals surface area contributed by atoms with E-state index >= 15 is 0 Å². The van der Waals surface area contributed by atoms with Crippen molar-refractivity contribution in [1.82, 2.24) is 0 Å². The summed E-state index contributed by atoms with van der Waals surface area (Å²) in [6, 6.07) is 70.6. The van der Waals surface area contributed by atoms with Gasteiger partial charge in [-0.1, -0.05) is 137 Å². The van der Waals surface area contributed by atoms with Crippen LogP contribution in [0, 0.1) is 0 Å². The molecule has 64 heavy (non-hydrogen) atoms. The Morgan fingerprint density at radius 2 is 0.766 bits per heavy atom. The molecule has 2 aliphatic rings. The van der Waals surface area contributed by atoms with Crippen molar-refractivity contribution in [3.05, 3.63) is 216 Å². The number of rotatable bonds is 6. The van der Waals surface area contributed by atoms with E-state index in [-0.39, 0.29) is 10.8 Å². The van der Waals surface area contributed by atoms with Crippen LogP contribution in [0.1, 0.15) is 49.9 Å². The fraction of sp³-hybridized carbons (Fsp3) is 0.100. The Hall–Kier alpha value is -7.82. The molecule has 0 bridgehead atoms. The zero-order valence-electron chi connectivity index (χ0n) is 36.2. The first-order valence-electron chi connectivity index (χ1n) is 22.2. The molecule has 11 aromatic rings. The predicted molar refractivity (Wildman–Crippen MR) is 265 cm³/mol. The molecular formula is C60H44N2O2. The maximum absolute atomic E-state index is 6.53. The summed E-state index contributed by atoms with van der Waals surface area (Å²) in [7, 11) is 0. The molecule has 0 spiro atoms. The van der Waals surface area contributed by atoms with Gasteiger partial charge < -0.3 is 18.6 Å². The number of hydrogen-bond acceptors (Lipinski definition) is 4. The minimum atomic E-state index is -0.108. The van der Waals surface area contributed by atoms with Crippen molar-refractivity contribution in [1.29, 1.82) is 0 Å². The van der Waals surface area contributed by atoms with Crippen molar-refractivity contribution in [3.63, 3.8) is 0 Å². The van der Waals surface area contributed by atoms with Crippen molar-refractivity contribution >= 4 is 78.0 Å². The normalized spacial score (nSPS) is 14.2. The quantitative estimate of drug-likeness (QED) is 0.167. The van der Waals surface area contributed by atoms with Crippen LogP contribution in [0.15, 0.2) is 203 Å². The molecule has 0 fully saturated rings. The molecular weight excluding hydrogens is 781 g/mol. The Labute approximate surface area is 372 Å². The summed E-state index contributed by atoms with van der Waals surface area (Å²) in [4.78, 5) is 4.83. The predicted octanol–water partition coefficient (Wildman–Crippen LogP) is 17.0. The molecule has 2 heterocycles. The molecule has 4 heteroatoms. The minimum Gasteiger partial charge on any atom is -0.456 e. The first kappa shape index (κ1) is 36.8. The number of furan rings is 2. The van der Waals surface area contributed by atoms with Crippen molar-refractivity contribution in [2.75, 3.05) is 9.80 Å². The maximum atomic E-state index is 6.53. The van der Waals surface area contributed by atoms with Gasteiger partial charge >= 0.3 is 0 Å². The van der Waals surface area contributed by atoms with E-state index in [1.54, 1.807) is 0 Å². The Balaban J connectivity index is 1.05. The van der Waals surface area contributed by atoms with E-state index in [0.717, 1.165) is 78.0 Å². The summed E-state index contributed by atoms with van der Waals surface area (Å²) in [6.07, 6.45) is 0. The minimum absolute atomic E-state index is 0.103. The highest BCUT2D eigenvalue weighted by molar-refractivity contribution is 6.13. The summed E-state index contributed by atoms with van der Waals surface area (Å²) in [5.41, 5.74) is 20.2. The number of fused-ring (bicyclic) bond motifs is 12. The molecule has 0 unspecified atom stereocenters. The molecule has 0 N–H and O–H groups in total. The topological polar surface area (TPSA) is 32.8 Å². The van der Waals surface area contributed by atoms with Gasteiger partial charge in [-0.25, -0.2) is 0 Å². The lowest BCUT2D eigenvalue weighted by Gasteiger charge is -2.30. The molecule has 0 radical (unpaired) electrons. The van der Waals surface area contributed by atoms with E-state index in [1.165, 1.54) is 44.5 Å². The van der Waals surface area contributed by atoms with E-state index in [9.17, 15) is 0 Å².